The third-order valence-corrected chi connectivity index (χ3v) is 6.08. The minimum absolute atomic E-state index is 0.0485. The number of hydrogen-bond acceptors (Lipinski definition) is 3. The molecule has 2 N–H and O–H groups in total. The summed E-state index contributed by atoms with van der Waals surface area (Å²) in [6.45, 7) is 4.96. The highest BCUT2D eigenvalue weighted by molar-refractivity contribution is 6.30. The summed E-state index contributed by atoms with van der Waals surface area (Å²) in [6, 6.07) is 17.6. The molecule has 146 valence electrons. The number of nitriles is 1. The van der Waals surface area contributed by atoms with Crippen molar-refractivity contribution in [1.82, 2.24) is 10.6 Å². The molecule has 4 nitrogen and oxygen atoms in total. The summed E-state index contributed by atoms with van der Waals surface area (Å²) < 4.78 is 0. The normalized spacial score (nSPS) is 20.5. The minimum atomic E-state index is -0.437. The van der Waals surface area contributed by atoms with E-state index in [0.717, 1.165) is 36.9 Å². The maximum Gasteiger partial charge on any atom is 0.240 e. The van der Waals surface area contributed by atoms with Crippen LogP contribution in [0.2, 0.25) is 5.02 Å². The van der Waals surface area contributed by atoms with Crippen LogP contribution in [0.15, 0.2) is 48.5 Å². The van der Waals surface area contributed by atoms with E-state index >= 15 is 0 Å². The number of carbonyl (C=O) groups excluding carboxylic acids is 1. The molecule has 3 atom stereocenters. The van der Waals surface area contributed by atoms with Crippen molar-refractivity contribution in [3.8, 4) is 6.07 Å². The van der Waals surface area contributed by atoms with Crippen LogP contribution in [-0.4, -0.2) is 24.0 Å². The van der Waals surface area contributed by atoms with Crippen molar-refractivity contribution in [3.63, 3.8) is 0 Å². The van der Waals surface area contributed by atoms with Gasteiger partial charge in [0.05, 0.1) is 17.2 Å². The number of hydrogen-bond donors (Lipinski definition) is 2. The van der Waals surface area contributed by atoms with Crippen LogP contribution in [0.1, 0.15) is 49.3 Å². The van der Waals surface area contributed by atoms with Gasteiger partial charge in [-0.05, 0) is 68.1 Å². The Bertz CT molecular complexity index is 863. The van der Waals surface area contributed by atoms with Gasteiger partial charge in [0.15, 0.2) is 0 Å². The first kappa shape index (κ1) is 20.4. The standard InChI is InChI=1S/C23H26ClN3O/c1-3-23(11-12-26-23)22(28)27-16(2)21(14-17-7-9-20(24)10-8-17)19-6-4-5-18(13-19)15-25/h4-10,13,16,21,26H,3,11-12,14H2,1-2H3,(H,27,28)/t16-,21+,23?/m0/s1. The SMILES string of the molecule is CCC1(C(=O)N[C@@H](C)[C@@H](Cc2ccc(Cl)cc2)c2cccc(C#N)c2)CCN1. The molecule has 1 amide bonds. The average Bonchev–Trinajstić information content (AvgIpc) is 2.67. The fourth-order valence-electron chi connectivity index (χ4n) is 3.83. The largest absolute Gasteiger partial charge is 0.351 e. The molecule has 1 heterocycles. The summed E-state index contributed by atoms with van der Waals surface area (Å²) in [4.78, 5) is 12.9. The maximum atomic E-state index is 12.9. The van der Waals surface area contributed by atoms with Crippen LogP contribution in [0.25, 0.3) is 0 Å². The molecule has 0 aliphatic carbocycles. The Morgan fingerprint density at radius 3 is 2.61 bits per heavy atom. The van der Waals surface area contributed by atoms with E-state index in [0.29, 0.717) is 10.6 Å². The molecule has 2 aromatic carbocycles. The molecule has 1 aliphatic heterocycles. The lowest BCUT2D eigenvalue weighted by molar-refractivity contribution is -0.131. The van der Waals surface area contributed by atoms with Gasteiger partial charge in [0.25, 0.3) is 0 Å². The molecular formula is C23H26ClN3O. The number of benzene rings is 2. The molecular weight excluding hydrogens is 370 g/mol. The van der Waals surface area contributed by atoms with Gasteiger partial charge in [-0.15, -0.1) is 0 Å². The van der Waals surface area contributed by atoms with Crippen LogP contribution in [0.3, 0.4) is 0 Å². The number of amides is 1. The number of nitrogens with zero attached hydrogens (tertiary/aromatic N) is 1. The number of rotatable bonds is 7. The predicted molar refractivity (Wildman–Crippen MR) is 112 cm³/mol. The zero-order valence-electron chi connectivity index (χ0n) is 16.3. The second-order valence-electron chi connectivity index (χ2n) is 7.55. The lowest BCUT2D eigenvalue weighted by Gasteiger charge is -2.42. The van der Waals surface area contributed by atoms with Crippen molar-refractivity contribution in [1.29, 1.82) is 5.26 Å². The highest BCUT2D eigenvalue weighted by Crippen LogP contribution is 2.28. The Kier molecular flexibility index (Phi) is 6.39. The summed E-state index contributed by atoms with van der Waals surface area (Å²) >= 11 is 6.02. The van der Waals surface area contributed by atoms with Gasteiger partial charge in [0, 0.05) is 17.0 Å². The molecule has 2 aromatic rings. The van der Waals surface area contributed by atoms with Gasteiger partial charge >= 0.3 is 0 Å². The Balaban J connectivity index is 1.85. The van der Waals surface area contributed by atoms with Crippen LogP contribution in [-0.2, 0) is 11.2 Å². The smallest absolute Gasteiger partial charge is 0.240 e. The summed E-state index contributed by atoms with van der Waals surface area (Å²) in [5.74, 6) is 0.110. The molecule has 28 heavy (non-hydrogen) atoms. The van der Waals surface area contributed by atoms with E-state index in [1.807, 2.05) is 56.3 Å². The third-order valence-electron chi connectivity index (χ3n) is 5.83. The average molecular weight is 396 g/mol. The Labute approximate surface area is 171 Å². The molecule has 1 saturated heterocycles. The predicted octanol–water partition coefficient (Wildman–Crippen LogP) is 4.18. The maximum absolute atomic E-state index is 12.9. The topological polar surface area (TPSA) is 64.9 Å². The molecule has 0 aromatic heterocycles. The van der Waals surface area contributed by atoms with Crippen LogP contribution in [0, 0.1) is 11.3 Å². The zero-order chi connectivity index (χ0) is 20.1. The van der Waals surface area contributed by atoms with Crippen molar-refractivity contribution >= 4 is 17.5 Å². The van der Waals surface area contributed by atoms with Crippen LogP contribution >= 0.6 is 11.6 Å². The van der Waals surface area contributed by atoms with E-state index in [-0.39, 0.29) is 17.9 Å². The second kappa shape index (κ2) is 8.77. The van der Waals surface area contributed by atoms with E-state index in [2.05, 4.69) is 16.7 Å². The molecule has 0 radical (unpaired) electrons. The summed E-state index contributed by atoms with van der Waals surface area (Å²) in [7, 11) is 0. The fraction of sp³-hybridized carbons (Fsp3) is 0.391. The molecule has 3 rings (SSSR count). The monoisotopic (exact) mass is 395 g/mol. The Morgan fingerprint density at radius 1 is 1.32 bits per heavy atom. The first-order valence-corrected chi connectivity index (χ1v) is 10.2. The molecule has 1 unspecified atom stereocenters. The molecule has 1 fully saturated rings. The Morgan fingerprint density at radius 2 is 2.04 bits per heavy atom. The highest BCUT2D eigenvalue weighted by Gasteiger charge is 2.42. The van der Waals surface area contributed by atoms with E-state index in [1.165, 1.54) is 0 Å². The van der Waals surface area contributed by atoms with Crippen molar-refractivity contribution in [2.24, 2.45) is 0 Å². The third kappa shape index (κ3) is 4.38. The van der Waals surface area contributed by atoms with Gasteiger partial charge in [-0.1, -0.05) is 42.8 Å². The van der Waals surface area contributed by atoms with Crippen molar-refractivity contribution in [3.05, 3.63) is 70.2 Å². The lowest BCUT2D eigenvalue weighted by atomic mass is 9.82. The number of halogens is 1. The van der Waals surface area contributed by atoms with Gasteiger partial charge < -0.3 is 10.6 Å². The summed E-state index contributed by atoms with van der Waals surface area (Å²) in [6.07, 6.45) is 2.39. The molecule has 0 bridgehead atoms. The summed E-state index contributed by atoms with van der Waals surface area (Å²) in [5.41, 5.74) is 2.38. The molecule has 1 aliphatic rings. The fourth-order valence-corrected chi connectivity index (χ4v) is 3.95. The van der Waals surface area contributed by atoms with E-state index < -0.39 is 5.54 Å². The number of nitrogens with one attached hydrogen (secondary N) is 2. The zero-order valence-corrected chi connectivity index (χ0v) is 17.1. The van der Waals surface area contributed by atoms with E-state index in [9.17, 15) is 10.1 Å². The van der Waals surface area contributed by atoms with Crippen LogP contribution in [0.4, 0.5) is 0 Å². The summed E-state index contributed by atoms with van der Waals surface area (Å²) in [5, 5.41) is 16.5. The van der Waals surface area contributed by atoms with Gasteiger partial charge in [-0.2, -0.15) is 5.26 Å². The van der Waals surface area contributed by atoms with Crippen molar-refractivity contribution < 1.29 is 4.79 Å². The number of carbonyl (C=O) groups is 1. The highest BCUT2D eigenvalue weighted by atomic mass is 35.5. The Hall–Kier alpha value is -2.35. The minimum Gasteiger partial charge on any atom is -0.351 e. The molecule has 0 saturated carbocycles. The molecule has 5 heteroatoms. The van der Waals surface area contributed by atoms with Gasteiger partial charge in [0.1, 0.15) is 0 Å². The lowest BCUT2D eigenvalue weighted by Crippen LogP contribution is -2.66. The van der Waals surface area contributed by atoms with Crippen molar-refractivity contribution in [2.45, 2.75) is 50.6 Å². The van der Waals surface area contributed by atoms with Crippen molar-refractivity contribution in [2.75, 3.05) is 6.54 Å². The van der Waals surface area contributed by atoms with Gasteiger partial charge in [-0.25, -0.2) is 0 Å². The van der Waals surface area contributed by atoms with Gasteiger partial charge in [0.2, 0.25) is 5.91 Å². The van der Waals surface area contributed by atoms with Gasteiger partial charge in [-0.3, -0.25) is 4.79 Å². The first-order valence-electron chi connectivity index (χ1n) is 9.78. The van der Waals surface area contributed by atoms with E-state index in [4.69, 9.17) is 11.6 Å². The van der Waals surface area contributed by atoms with Crippen LogP contribution < -0.4 is 10.6 Å². The first-order chi connectivity index (χ1) is 13.5. The quantitative estimate of drug-likeness (QED) is 0.738. The van der Waals surface area contributed by atoms with Crippen LogP contribution in [0.5, 0.6) is 0 Å². The molecule has 0 spiro atoms. The second-order valence-corrected chi connectivity index (χ2v) is 7.99. The van der Waals surface area contributed by atoms with E-state index in [1.54, 1.807) is 6.07 Å².